The summed E-state index contributed by atoms with van der Waals surface area (Å²) in [7, 11) is 0. The van der Waals surface area contributed by atoms with Crippen LogP contribution in [-0.2, 0) is 0 Å². The van der Waals surface area contributed by atoms with Gasteiger partial charge in [0.05, 0.1) is 6.61 Å². The van der Waals surface area contributed by atoms with Crippen molar-refractivity contribution in [2.45, 2.75) is 25.3 Å². The van der Waals surface area contributed by atoms with Crippen LogP contribution in [0.2, 0.25) is 0 Å². The van der Waals surface area contributed by atoms with E-state index < -0.39 is 0 Å². The predicted molar refractivity (Wildman–Crippen MR) is 72.9 cm³/mol. The van der Waals surface area contributed by atoms with Crippen molar-refractivity contribution in [1.29, 1.82) is 0 Å². The lowest BCUT2D eigenvalue weighted by molar-refractivity contribution is 0.199. The molecule has 2 aliphatic heterocycles. The second-order valence-electron chi connectivity index (χ2n) is 5.33. The molecule has 1 N–H and O–H groups in total. The van der Waals surface area contributed by atoms with E-state index in [1.807, 2.05) is 6.07 Å². The van der Waals surface area contributed by atoms with Gasteiger partial charge in [-0.2, -0.15) is 0 Å². The Bertz CT molecular complexity index is 430. The summed E-state index contributed by atoms with van der Waals surface area (Å²) in [6.45, 7) is 4.99. The molecule has 1 fully saturated rings. The Morgan fingerprint density at radius 1 is 1.21 bits per heavy atom. The third kappa shape index (κ3) is 2.90. The zero-order chi connectivity index (χ0) is 13.1. The van der Waals surface area contributed by atoms with Gasteiger partial charge in [-0.3, -0.25) is 4.90 Å². The highest BCUT2D eigenvalue weighted by molar-refractivity contribution is 5.37. The van der Waals surface area contributed by atoms with Crippen LogP contribution in [0.3, 0.4) is 0 Å². The molecule has 1 atom stereocenters. The van der Waals surface area contributed by atoms with Crippen molar-refractivity contribution in [1.82, 2.24) is 10.2 Å². The number of hydrogen-bond donors (Lipinski definition) is 1. The molecule has 3 nitrogen and oxygen atoms in total. The van der Waals surface area contributed by atoms with Crippen LogP contribution in [0, 0.1) is 5.82 Å². The van der Waals surface area contributed by atoms with Crippen LogP contribution in [0.15, 0.2) is 18.2 Å². The van der Waals surface area contributed by atoms with Crippen LogP contribution in [-0.4, -0.2) is 37.7 Å². The number of hydrogen-bond acceptors (Lipinski definition) is 3. The van der Waals surface area contributed by atoms with Crippen molar-refractivity contribution in [3.63, 3.8) is 0 Å². The average molecular weight is 264 g/mol. The summed E-state index contributed by atoms with van der Waals surface area (Å²) >= 11 is 0. The lowest BCUT2D eigenvalue weighted by atomic mass is 10.00. The van der Waals surface area contributed by atoms with Crippen molar-refractivity contribution in [2.75, 3.05) is 32.8 Å². The summed E-state index contributed by atoms with van der Waals surface area (Å²) in [5.41, 5.74) is 1.15. The fourth-order valence-corrected chi connectivity index (χ4v) is 3.08. The van der Waals surface area contributed by atoms with Crippen LogP contribution >= 0.6 is 0 Å². The Labute approximate surface area is 113 Å². The number of benzene rings is 1. The molecule has 0 saturated carbocycles. The monoisotopic (exact) mass is 264 g/mol. The third-order valence-corrected chi connectivity index (χ3v) is 4.03. The van der Waals surface area contributed by atoms with Crippen molar-refractivity contribution in [3.05, 3.63) is 29.6 Å². The van der Waals surface area contributed by atoms with Crippen LogP contribution in [0.5, 0.6) is 5.75 Å². The van der Waals surface area contributed by atoms with Crippen LogP contribution in [0.4, 0.5) is 4.39 Å². The minimum atomic E-state index is -0.211. The molecule has 1 aromatic rings. The van der Waals surface area contributed by atoms with Gasteiger partial charge in [-0.05, 0) is 31.9 Å². The minimum absolute atomic E-state index is 0.211. The molecule has 1 unspecified atom stereocenters. The smallest absolute Gasteiger partial charge is 0.126 e. The summed E-state index contributed by atoms with van der Waals surface area (Å²) in [5, 5.41) is 3.43. The lowest BCUT2D eigenvalue weighted by Gasteiger charge is -2.30. The van der Waals surface area contributed by atoms with E-state index in [4.69, 9.17) is 4.74 Å². The van der Waals surface area contributed by atoms with E-state index in [-0.39, 0.29) is 5.82 Å². The number of halogens is 1. The molecule has 0 spiro atoms. The number of rotatable bonds is 1. The molecule has 0 radical (unpaired) electrons. The fraction of sp³-hybridized carbons (Fsp3) is 0.600. The van der Waals surface area contributed by atoms with E-state index in [2.05, 4.69) is 10.2 Å². The highest BCUT2D eigenvalue weighted by atomic mass is 19.1. The van der Waals surface area contributed by atoms with Crippen molar-refractivity contribution in [3.8, 4) is 5.75 Å². The molecule has 3 rings (SSSR count). The minimum Gasteiger partial charge on any atom is -0.493 e. The first kappa shape index (κ1) is 12.9. The molecule has 104 valence electrons. The molecule has 0 bridgehead atoms. The molecule has 2 aliphatic rings. The molecule has 0 aromatic heterocycles. The third-order valence-electron chi connectivity index (χ3n) is 4.03. The zero-order valence-electron chi connectivity index (χ0n) is 11.2. The van der Waals surface area contributed by atoms with Gasteiger partial charge in [-0.25, -0.2) is 4.39 Å². The average Bonchev–Trinajstić information content (AvgIpc) is 2.78. The summed E-state index contributed by atoms with van der Waals surface area (Å²) in [4.78, 5) is 2.52. The maximum Gasteiger partial charge on any atom is 0.126 e. The van der Waals surface area contributed by atoms with Crippen LogP contribution in [0.1, 0.15) is 30.9 Å². The van der Waals surface area contributed by atoms with Gasteiger partial charge < -0.3 is 10.1 Å². The van der Waals surface area contributed by atoms with Gasteiger partial charge in [0.1, 0.15) is 11.6 Å². The molecular formula is C15H21FN2O. The van der Waals surface area contributed by atoms with Crippen molar-refractivity contribution >= 4 is 0 Å². The summed E-state index contributed by atoms with van der Waals surface area (Å²) in [5.74, 6) is 0.525. The van der Waals surface area contributed by atoms with Gasteiger partial charge in [0.2, 0.25) is 0 Å². The molecule has 1 saturated heterocycles. The SMILES string of the molecule is Fc1ccc2c(c1)OCCCC2N1CCCNCC1. The van der Waals surface area contributed by atoms with E-state index in [0.29, 0.717) is 12.6 Å². The van der Waals surface area contributed by atoms with Crippen LogP contribution < -0.4 is 10.1 Å². The summed E-state index contributed by atoms with van der Waals surface area (Å²) < 4.78 is 19.1. The molecule has 0 amide bonds. The lowest BCUT2D eigenvalue weighted by Crippen LogP contribution is -2.32. The standard InChI is InChI=1S/C15H21FN2O/c16-12-4-5-13-14(3-1-10-19-15(13)11-12)18-8-2-6-17-7-9-18/h4-5,11,14,17H,1-3,6-10H2. The van der Waals surface area contributed by atoms with Gasteiger partial charge >= 0.3 is 0 Å². The first-order valence-corrected chi connectivity index (χ1v) is 7.21. The highest BCUT2D eigenvalue weighted by Gasteiger charge is 2.26. The first-order valence-electron chi connectivity index (χ1n) is 7.21. The maximum absolute atomic E-state index is 13.4. The van der Waals surface area contributed by atoms with Crippen molar-refractivity contribution in [2.24, 2.45) is 0 Å². The van der Waals surface area contributed by atoms with Gasteiger partial charge in [0, 0.05) is 37.3 Å². The summed E-state index contributed by atoms with van der Waals surface area (Å²) in [6, 6.07) is 5.36. The van der Waals surface area contributed by atoms with E-state index in [0.717, 1.165) is 50.3 Å². The molecule has 19 heavy (non-hydrogen) atoms. The number of fused-ring (bicyclic) bond motifs is 1. The van der Waals surface area contributed by atoms with E-state index in [1.54, 1.807) is 6.07 Å². The quantitative estimate of drug-likeness (QED) is 0.842. The second-order valence-corrected chi connectivity index (χ2v) is 5.33. The maximum atomic E-state index is 13.4. The number of ether oxygens (including phenoxy) is 1. The van der Waals surface area contributed by atoms with E-state index in [9.17, 15) is 4.39 Å². The predicted octanol–water partition coefficient (Wildman–Crippen LogP) is 2.33. The molecule has 2 heterocycles. The normalized spacial score (nSPS) is 25.0. The highest BCUT2D eigenvalue weighted by Crippen LogP contribution is 2.36. The largest absolute Gasteiger partial charge is 0.493 e. The van der Waals surface area contributed by atoms with Crippen LogP contribution in [0.25, 0.3) is 0 Å². The molecule has 1 aromatic carbocycles. The Morgan fingerprint density at radius 2 is 2.16 bits per heavy atom. The topological polar surface area (TPSA) is 24.5 Å². The Morgan fingerprint density at radius 3 is 3.11 bits per heavy atom. The molecule has 0 aliphatic carbocycles. The number of nitrogens with one attached hydrogen (secondary N) is 1. The Kier molecular flexibility index (Phi) is 3.99. The van der Waals surface area contributed by atoms with E-state index >= 15 is 0 Å². The number of nitrogens with zero attached hydrogens (tertiary/aromatic N) is 1. The van der Waals surface area contributed by atoms with Gasteiger partial charge in [-0.15, -0.1) is 0 Å². The Hall–Kier alpha value is -1.13. The fourth-order valence-electron chi connectivity index (χ4n) is 3.08. The van der Waals surface area contributed by atoms with Crippen molar-refractivity contribution < 1.29 is 9.13 Å². The zero-order valence-corrected chi connectivity index (χ0v) is 11.2. The summed E-state index contributed by atoms with van der Waals surface area (Å²) in [6.07, 6.45) is 3.30. The second kappa shape index (κ2) is 5.88. The Balaban J connectivity index is 1.88. The van der Waals surface area contributed by atoms with E-state index in [1.165, 1.54) is 12.5 Å². The van der Waals surface area contributed by atoms with Gasteiger partial charge in [0.15, 0.2) is 0 Å². The first-order chi connectivity index (χ1) is 9.34. The van der Waals surface area contributed by atoms with Gasteiger partial charge in [0.25, 0.3) is 0 Å². The molecule has 4 heteroatoms. The molecular weight excluding hydrogens is 243 g/mol. The van der Waals surface area contributed by atoms with Gasteiger partial charge in [-0.1, -0.05) is 6.07 Å².